The van der Waals surface area contributed by atoms with Crippen molar-refractivity contribution < 1.29 is 27.1 Å². The summed E-state index contributed by atoms with van der Waals surface area (Å²) in [5.74, 6) is -8.08. The number of ether oxygens (including phenoxy) is 1. The van der Waals surface area contributed by atoms with Gasteiger partial charge in [-0.2, -0.15) is 0 Å². The molecule has 0 unspecified atom stereocenters. The first-order valence-corrected chi connectivity index (χ1v) is 9.01. The lowest BCUT2D eigenvalue weighted by Gasteiger charge is -2.12. The molecule has 2 rings (SSSR count). The van der Waals surface area contributed by atoms with Gasteiger partial charge < -0.3 is 4.74 Å². The van der Waals surface area contributed by atoms with Gasteiger partial charge in [0, 0.05) is 11.1 Å². The fourth-order valence-corrected chi connectivity index (χ4v) is 3.36. The molecule has 2 nitrogen and oxygen atoms in total. The van der Waals surface area contributed by atoms with Crippen LogP contribution in [0, 0.1) is 40.5 Å². The lowest BCUT2D eigenvalue weighted by Crippen LogP contribution is -2.14. The molecule has 0 amide bonds. The van der Waals surface area contributed by atoms with Crippen molar-refractivity contribution in [1.82, 2.24) is 0 Å². The van der Waals surface area contributed by atoms with Crippen LogP contribution in [0.4, 0.5) is 17.6 Å². The lowest BCUT2D eigenvalue weighted by atomic mass is 10.1. The Bertz CT molecular complexity index is 788. The van der Waals surface area contributed by atoms with Crippen LogP contribution in [0.2, 0.25) is 0 Å². The van der Waals surface area contributed by atoms with Gasteiger partial charge in [-0.25, -0.2) is 17.6 Å². The molecule has 1 aliphatic rings. The molecule has 9 heteroatoms. The summed E-state index contributed by atoms with van der Waals surface area (Å²) in [4.78, 5) is 12.2. The van der Waals surface area contributed by atoms with Crippen LogP contribution in [-0.4, -0.2) is 5.97 Å². The van der Waals surface area contributed by atoms with E-state index in [2.05, 4.69) is 0 Å². The third-order valence-electron chi connectivity index (χ3n) is 4.69. The van der Waals surface area contributed by atoms with Gasteiger partial charge in [0.1, 0.15) is 11.1 Å². The zero-order chi connectivity index (χ0) is 20.5. The minimum atomic E-state index is -1.62. The maximum absolute atomic E-state index is 14.1. The number of carbonyl (C=O) groups is 1. The Morgan fingerprint density at radius 2 is 1.59 bits per heavy atom. The van der Waals surface area contributed by atoms with E-state index in [-0.39, 0.29) is 10.4 Å². The molecule has 27 heavy (non-hydrogen) atoms. The second-order valence-electron chi connectivity index (χ2n) is 6.67. The summed E-state index contributed by atoms with van der Waals surface area (Å²) >= 11 is 16.4. The minimum absolute atomic E-state index is 0.0220. The highest BCUT2D eigenvalue weighted by molar-refractivity contribution is 6.55. The van der Waals surface area contributed by atoms with Crippen molar-refractivity contribution in [3.8, 4) is 0 Å². The SMILES string of the molecule is CC1(C)[C@H](C=C(Cl)Cl)[C@@H]1C(=O)OCc1c(F)c(F)c(CC=CCl)c(F)c1F. The molecule has 1 fully saturated rings. The Hall–Kier alpha value is -1.24. The Morgan fingerprint density at radius 3 is 2.07 bits per heavy atom. The summed E-state index contributed by atoms with van der Waals surface area (Å²) in [5.41, 5.74) is -1.35. The van der Waals surface area contributed by atoms with Crippen molar-refractivity contribution in [3.05, 3.63) is 56.6 Å². The molecule has 1 aromatic carbocycles. The number of hydrogen-bond donors (Lipinski definition) is 0. The highest BCUT2D eigenvalue weighted by Gasteiger charge is 2.61. The van der Waals surface area contributed by atoms with Gasteiger partial charge in [-0.1, -0.05) is 54.7 Å². The topological polar surface area (TPSA) is 26.3 Å². The van der Waals surface area contributed by atoms with E-state index >= 15 is 0 Å². The molecule has 1 aromatic rings. The zero-order valence-corrected chi connectivity index (χ0v) is 16.5. The Balaban J connectivity index is 2.19. The van der Waals surface area contributed by atoms with Crippen molar-refractivity contribution in [2.45, 2.75) is 26.9 Å². The van der Waals surface area contributed by atoms with Gasteiger partial charge in [0.15, 0.2) is 23.3 Å². The molecular formula is C18H15Cl3F4O2. The quantitative estimate of drug-likeness (QED) is 0.297. The first kappa shape index (κ1) is 22.1. The van der Waals surface area contributed by atoms with E-state index in [4.69, 9.17) is 39.5 Å². The number of carbonyl (C=O) groups excluding carboxylic acids is 1. The van der Waals surface area contributed by atoms with Crippen LogP contribution < -0.4 is 0 Å². The normalized spacial score (nSPS) is 20.6. The third kappa shape index (κ3) is 4.44. The second kappa shape index (κ2) is 8.41. The molecule has 2 atom stereocenters. The summed E-state index contributed by atoms with van der Waals surface area (Å²) in [5, 5.41) is 0. The molecule has 0 heterocycles. The highest BCUT2D eigenvalue weighted by atomic mass is 35.5. The Labute approximate surface area is 168 Å². The molecule has 1 saturated carbocycles. The van der Waals surface area contributed by atoms with Gasteiger partial charge in [0.05, 0.1) is 11.5 Å². The number of hydrogen-bond acceptors (Lipinski definition) is 2. The molecule has 0 saturated heterocycles. The number of halogens is 7. The number of esters is 1. The maximum atomic E-state index is 14.1. The zero-order valence-electron chi connectivity index (χ0n) is 14.3. The van der Waals surface area contributed by atoms with Gasteiger partial charge >= 0.3 is 5.97 Å². The molecule has 0 aliphatic heterocycles. The molecule has 0 bridgehead atoms. The number of rotatable bonds is 6. The summed E-state index contributed by atoms with van der Waals surface area (Å²) < 4.78 is 61.1. The van der Waals surface area contributed by atoms with Crippen molar-refractivity contribution in [2.24, 2.45) is 17.3 Å². The summed E-state index contributed by atoms with van der Waals surface area (Å²) in [6.07, 6.45) is 2.17. The second-order valence-corrected chi connectivity index (χ2v) is 7.93. The smallest absolute Gasteiger partial charge is 0.310 e. The Morgan fingerprint density at radius 1 is 1.07 bits per heavy atom. The Kier molecular flexibility index (Phi) is 6.87. The van der Waals surface area contributed by atoms with Crippen LogP contribution in [0.15, 0.2) is 22.2 Å². The fourth-order valence-electron chi connectivity index (χ4n) is 3.00. The lowest BCUT2D eigenvalue weighted by molar-refractivity contribution is -0.147. The average Bonchev–Trinajstić information content (AvgIpc) is 3.12. The number of benzene rings is 1. The van der Waals surface area contributed by atoms with E-state index in [0.717, 1.165) is 11.6 Å². The van der Waals surface area contributed by atoms with Gasteiger partial charge in [-0.15, -0.1) is 0 Å². The third-order valence-corrected chi connectivity index (χ3v) is 5.12. The fraction of sp³-hybridized carbons (Fsp3) is 0.389. The standard InChI is InChI=1S/C18H15Cl3F4O2/c1-18(2)10(6-11(20)21)12(18)17(26)27-7-9-15(24)13(22)8(4-3-5-19)14(23)16(9)25/h3,5-6,10,12H,4,7H2,1-2H3/t10-,12-/m1/s1. The van der Waals surface area contributed by atoms with Gasteiger partial charge in [0.2, 0.25) is 0 Å². The molecule has 0 spiro atoms. The largest absolute Gasteiger partial charge is 0.460 e. The van der Waals surface area contributed by atoms with Crippen molar-refractivity contribution in [3.63, 3.8) is 0 Å². The van der Waals surface area contributed by atoms with Crippen molar-refractivity contribution in [1.29, 1.82) is 0 Å². The average molecular weight is 446 g/mol. The predicted octanol–water partition coefficient (Wildman–Crippen LogP) is 6.17. The summed E-state index contributed by atoms with van der Waals surface area (Å²) in [6.45, 7) is 2.57. The van der Waals surface area contributed by atoms with Gasteiger partial charge in [-0.05, 0) is 23.8 Å². The van der Waals surface area contributed by atoms with E-state index < -0.39 is 64.7 Å². The van der Waals surface area contributed by atoms with Gasteiger partial charge in [0.25, 0.3) is 0 Å². The molecular weight excluding hydrogens is 431 g/mol. The maximum Gasteiger partial charge on any atom is 0.310 e. The van der Waals surface area contributed by atoms with Gasteiger partial charge in [-0.3, -0.25) is 4.79 Å². The van der Waals surface area contributed by atoms with Crippen molar-refractivity contribution in [2.75, 3.05) is 0 Å². The van der Waals surface area contributed by atoms with E-state index in [1.54, 1.807) is 13.8 Å². The van der Waals surface area contributed by atoms with Crippen LogP contribution in [0.5, 0.6) is 0 Å². The predicted molar refractivity (Wildman–Crippen MR) is 95.3 cm³/mol. The number of allylic oxidation sites excluding steroid dienone is 2. The summed E-state index contributed by atoms with van der Waals surface area (Å²) in [6, 6.07) is 0. The van der Waals surface area contributed by atoms with Crippen LogP contribution in [0.3, 0.4) is 0 Å². The molecule has 148 valence electrons. The molecule has 0 aromatic heterocycles. The van der Waals surface area contributed by atoms with Crippen LogP contribution in [-0.2, 0) is 22.6 Å². The minimum Gasteiger partial charge on any atom is -0.460 e. The summed E-state index contributed by atoms with van der Waals surface area (Å²) in [7, 11) is 0. The molecule has 0 N–H and O–H groups in total. The van der Waals surface area contributed by atoms with E-state index in [9.17, 15) is 22.4 Å². The first-order chi connectivity index (χ1) is 12.5. The molecule has 0 radical (unpaired) electrons. The van der Waals surface area contributed by atoms with E-state index in [1.165, 1.54) is 6.08 Å². The molecule has 1 aliphatic carbocycles. The first-order valence-electron chi connectivity index (χ1n) is 7.82. The van der Waals surface area contributed by atoms with E-state index in [1.807, 2.05) is 0 Å². The highest BCUT2D eigenvalue weighted by Crippen LogP contribution is 2.60. The van der Waals surface area contributed by atoms with Crippen LogP contribution in [0.1, 0.15) is 25.0 Å². The van der Waals surface area contributed by atoms with Crippen LogP contribution in [0.25, 0.3) is 0 Å². The van der Waals surface area contributed by atoms with E-state index in [0.29, 0.717) is 0 Å². The van der Waals surface area contributed by atoms with Crippen molar-refractivity contribution >= 4 is 40.8 Å². The monoisotopic (exact) mass is 444 g/mol. The van der Waals surface area contributed by atoms with Crippen LogP contribution >= 0.6 is 34.8 Å².